The van der Waals surface area contributed by atoms with Gasteiger partial charge in [0.15, 0.2) is 0 Å². The number of nitrogens with one attached hydrogen (secondary N) is 2. The van der Waals surface area contributed by atoms with Crippen LogP contribution < -0.4 is 15.5 Å². The molecule has 0 aromatic heterocycles. The summed E-state index contributed by atoms with van der Waals surface area (Å²) in [4.78, 5) is 67.2. The summed E-state index contributed by atoms with van der Waals surface area (Å²) in [6.45, 7) is 11.9. The molecule has 9 rings (SSSR count). The molecule has 4 amide bonds. The number of ether oxygens (including phenoxy) is 2. The fraction of sp³-hybridized carbons (Fsp3) is 0.582. The number of fused-ring (bicyclic) bond motifs is 1. The fourth-order valence-corrected chi connectivity index (χ4v) is 11.7. The number of anilines is 1. The third-order valence-electron chi connectivity index (χ3n) is 16.0. The van der Waals surface area contributed by atoms with Crippen LogP contribution in [-0.4, -0.2) is 172 Å². The number of hydrogen-bond donors (Lipinski definition) is 2. The van der Waals surface area contributed by atoms with Crippen molar-refractivity contribution in [1.82, 2.24) is 35.1 Å². The van der Waals surface area contributed by atoms with Crippen molar-refractivity contribution in [3.05, 3.63) is 93.8 Å². The van der Waals surface area contributed by atoms with Gasteiger partial charge in [-0.2, -0.15) is 13.2 Å². The largest absolute Gasteiger partial charge is 0.418 e. The predicted octanol–water partition coefficient (Wildman–Crippen LogP) is 6.29. The molecule has 0 bridgehead atoms. The number of benzene rings is 2. The lowest BCUT2D eigenvalue weighted by molar-refractivity contribution is -0.137. The summed E-state index contributed by atoms with van der Waals surface area (Å²) in [6, 6.07) is 11.4. The summed E-state index contributed by atoms with van der Waals surface area (Å²) in [7, 11) is 3.51. The van der Waals surface area contributed by atoms with Crippen LogP contribution in [0.3, 0.4) is 0 Å². The van der Waals surface area contributed by atoms with Gasteiger partial charge < -0.3 is 29.5 Å². The Hall–Kier alpha value is -5.40. The number of alkyl halides is 3. The average molecular weight is 1010 g/mol. The first-order valence-corrected chi connectivity index (χ1v) is 26.4. The SMILES string of the molecule is CN/C=N/c1ccc(CC/C=C2/C(C(F)(F)F)=CC(CN3CCC(OCCN4CCC(CN5CCN(c6ccc7c(c6)CN(C6CCC(=O)NC6=O)C7=O)CC5)CC4)CC3)=CN2C(C)=O)cc1[C@H]1C[C@H](OC)C1. The number of carbonyl (C=O) groups is 4. The zero-order valence-corrected chi connectivity index (χ0v) is 42.6. The number of nitrogens with zero attached hydrogens (tertiary/aromatic N) is 7. The molecule has 7 aliphatic rings. The van der Waals surface area contributed by atoms with Crippen molar-refractivity contribution in [2.75, 3.05) is 97.7 Å². The van der Waals surface area contributed by atoms with Gasteiger partial charge in [0.25, 0.3) is 5.91 Å². The summed E-state index contributed by atoms with van der Waals surface area (Å²) in [6.07, 6.45) is 8.81. The van der Waals surface area contributed by atoms with Gasteiger partial charge in [0.2, 0.25) is 17.7 Å². The van der Waals surface area contributed by atoms with Crippen LogP contribution in [0.1, 0.15) is 97.7 Å². The van der Waals surface area contributed by atoms with E-state index < -0.39 is 29.6 Å². The molecule has 394 valence electrons. The van der Waals surface area contributed by atoms with Crippen LogP contribution >= 0.6 is 0 Å². The van der Waals surface area contributed by atoms with Crippen LogP contribution in [0.25, 0.3) is 0 Å². The van der Waals surface area contributed by atoms with E-state index in [2.05, 4.69) is 47.4 Å². The number of allylic oxidation sites excluding steroid dienone is 2. The highest BCUT2D eigenvalue weighted by Gasteiger charge is 2.42. The highest BCUT2D eigenvalue weighted by molar-refractivity contribution is 6.05. The minimum atomic E-state index is -4.64. The van der Waals surface area contributed by atoms with Crippen LogP contribution in [-0.2, 0) is 36.8 Å². The van der Waals surface area contributed by atoms with Gasteiger partial charge in [0.05, 0.1) is 42.1 Å². The third kappa shape index (κ3) is 12.8. The molecule has 15 nitrogen and oxygen atoms in total. The number of aryl methyl sites for hydroxylation is 1. The molecule has 1 atom stereocenters. The van der Waals surface area contributed by atoms with Gasteiger partial charge in [0, 0.05) is 110 Å². The van der Waals surface area contributed by atoms with Gasteiger partial charge in [-0.1, -0.05) is 18.2 Å². The molecular formula is C55H72F3N9O6. The van der Waals surface area contributed by atoms with E-state index in [-0.39, 0.29) is 36.1 Å². The molecular weight excluding hydrogens is 940 g/mol. The Morgan fingerprint density at radius 1 is 0.904 bits per heavy atom. The summed E-state index contributed by atoms with van der Waals surface area (Å²) >= 11 is 0. The van der Waals surface area contributed by atoms with E-state index >= 15 is 0 Å². The Kier molecular flexibility index (Phi) is 16.8. The van der Waals surface area contributed by atoms with Crippen molar-refractivity contribution < 1.29 is 41.8 Å². The number of hydrogen-bond acceptors (Lipinski definition) is 11. The van der Waals surface area contributed by atoms with Crippen molar-refractivity contribution >= 4 is 41.3 Å². The Labute approximate surface area is 427 Å². The second kappa shape index (κ2) is 23.4. The molecule has 2 aromatic rings. The predicted molar refractivity (Wildman–Crippen MR) is 273 cm³/mol. The molecule has 6 aliphatic heterocycles. The minimum Gasteiger partial charge on any atom is -0.381 e. The first-order valence-electron chi connectivity index (χ1n) is 26.4. The second-order valence-corrected chi connectivity index (χ2v) is 20.9. The van der Waals surface area contributed by atoms with E-state index in [1.165, 1.54) is 17.9 Å². The zero-order chi connectivity index (χ0) is 51.2. The zero-order valence-electron chi connectivity index (χ0n) is 42.6. The molecule has 5 fully saturated rings. The number of piperidine rings is 3. The van der Waals surface area contributed by atoms with Gasteiger partial charge in [-0.15, -0.1) is 0 Å². The van der Waals surface area contributed by atoms with Crippen molar-refractivity contribution in [3.8, 4) is 0 Å². The molecule has 2 N–H and O–H groups in total. The Bertz CT molecular complexity index is 2460. The van der Waals surface area contributed by atoms with Crippen LogP contribution in [0.4, 0.5) is 24.5 Å². The van der Waals surface area contributed by atoms with Crippen molar-refractivity contribution in [2.45, 2.75) is 108 Å². The van der Waals surface area contributed by atoms with Gasteiger partial charge in [-0.3, -0.25) is 39.2 Å². The monoisotopic (exact) mass is 1010 g/mol. The van der Waals surface area contributed by atoms with Crippen molar-refractivity contribution in [2.24, 2.45) is 10.9 Å². The molecule has 4 saturated heterocycles. The molecule has 0 spiro atoms. The van der Waals surface area contributed by atoms with E-state index in [0.717, 1.165) is 119 Å². The van der Waals surface area contributed by atoms with Gasteiger partial charge in [0.1, 0.15) is 6.04 Å². The standard InChI is InChI=1S/C55H72F3N9O6/c1-37(68)66-34-40(28-48(55(56,57)58)50(66)6-4-5-38-7-10-49(60-36-59-2)47(27-38)41-30-45(31-41)72-3)33-63-19-15-44(16-20-63)73-26-25-62-17-13-39(14-18-62)32-64-21-23-65(24-22-64)43-8-9-46-42(29-43)35-67(54(46)71)51-11-12-52(69)61-53(51)70/h6-10,27-29,34,36,39,41,44-45,51H,4-5,11-26,30-33,35H2,1-3H3,(H,59,60)(H,61,69,70)/b50-6-/t41-,45-,51?. The van der Waals surface area contributed by atoms with Crippen LogP contribution in [0.5, 0.6) is 0 Å². The number of carbonyl (C=O) groups excluding carboxylic acids is 4. The van der Waals surface area contributed by atoms with E-state index in [1.54, 1.807) is 37.7 Å². The summed E-state index contributed by atoms with van der Waals surface area (Å²) in [5, 5.41) is 5.31. The minimum absolute atomic E-state index is 0.105. The number of imide groups is 1. The number of methoxy groups -OCH3 is 1. The highest BCUT2D eigenvalue weighted by atomic mass is 19.4. The molecule has 73 heavy (non-hydrogen) atoms. The Morgan fingerprint density at radius 3 is 2.36 bits per heavy atom. The average Bonchev–Trinajstić information content (AvgIpc) is 3.69. The van der Waals surface area contributed by atoms with Gasteiger partial charge in [-0.05, 0) is 135 Å². The Morgan fingerprint density at radius 2 is 1.66 bits per heavy atom. The maximum absolute atomic E-state index is 14.7. The maximum atomic E-state index is 14.7. The molecule has 1 saturated carbocycles. The lowest BCUT2D eigenvalue weighted by Crippen LogP contribution is -2.52. The first kappa shape index (κ1) is 52.5. The number of halogens is 3. The number of likely N-dealkylation sites (tertiary alicyclic amines) is 2. The van der Waals surface area contributed by atoms with E-state index in [0.29, 0.717) is 75.0 Å². The lowest BCUT2D eigenvalue weighted by atomic mass is 9.76. The maximum Gasteiger partial charge on any atom is 0.418 e. The van der Waals surface area contributed by atoms with E-state index in [9.17, 15) is 32.3 Å². The lowest BCUT2D eigenvalue weighted by Gasteiger charge is -2.40. The summed E-state index contributed by atoms with van der Waals surface area (Å²) in [5.41, 5.74) is 5.19. The Balaban J connectivity index is 0.679. The topological polar surface area (TPSA) is 143 Å². The number of aliphatic imine (C=N–C) groups is 1. The number of piperazine rings is 1. The number of rotatable bonds is 17. The molecule has 2 aromatic carbocycles. The molecule has 0 radical (unpaired) electrons. The van der Waals surface area contributed by atoms with Crippen LogP contribution in [0.2, 0.25) is 0 Å². The highest BCUT2D eigenvalue weighted by Crippen LogP contribution is 2.43. The normalized spacial score (nSPS) is 24.8. The molecule has 1 aliphatic carbocycles. The summed E-state index contributed by atoms with van der Waals surface area (Å²) < 4.78 is 56.1. The molecule has 1 unspecified atom stereocenters. The quantitative estimate of drug-likeness (QED) is 0.105. The summed E-state index contributed by atoms with van der Waals surface area (Å²) in [5.74, 6) is -0.334. The van der Waals surface area contributed by atoms with Crippen molar-refractivity contribution in [3.63, 3.8) is 0 Å². The van der Waals surface area contributed by atoms with E-state index in [1.807, 2.05) is 24.3 Å². The van der Waals surface area contributed by atoms with E-state index in [4.69, 9.17) is 9.47 Å². The van der Waals surface area contributed by atoms with Gasteiger partial charge >= 0.3 is 6.18 Å². The first-order chi connectivity index (χ1) is 35.2. The fourth-order valence-electron chi connectivity index (χ4n) is 11.7. The second-order valence-electron chi connectivity index (χ2n) is 20.9. The molecule has 18 heteroatoms. The number of amides is 4. The smallest absolute Gasteiger partial charge is 0.381 e. The molecule has 6 heterocycles. The van der Waals surface area contributed by atoms with Crippen LogP contribution in [0.15, 0.2) is 76.6 Å². The van der Waals surface area contributed by atoms with Crippen LogP contribution in [0, 0.1) is 5.92 Å². The van der Waals surface area contributed by atoms with Gasteiger partial charge in [-0.25, -0.2) is 4.99 Å². The third-order valence-corrected chi connectivity index (χ3v) is 16.0. The van der Waals surface area contributed by atoms with Crippen molar-refractivity contribution in [1.29, 1.82) is 0 Å².